The van der Waals surface area contributed by atoms with Gasteiger partial charge >= 0.3 is 0 Å². The van der Waals surface area contributed by atoms with Crippen molar-refractivity contribution in [3.63, 3.8) is 0 Å². The quantitative estimate of drug-likeness (QED) is 0.653. The van der Waals surface area contributed by atoms with Crippen LogP contribution in [0.4, 0.5) is 11.4 Å². The summed E-state index contributed by atoms with van der Waals surface area (Å²) in [5.74, 6) is -0.120. The maximum atomic E-state index is 11.4. The Morgan fingerprint density at radius 3 is 2.24 bits per heavy atom. The summed E-state index contributed by atoms with van der Waals surface area (Å²) in [5.41, 5.74) is 2.49. The van der Waals surface area contributed by atoms with E-state index in [4.69, 9.17) is 0 Å². The minimum absolute atomic E-state index is 0.0653. The van der Waals surface area contributed by atoms with E-state index in [1.807, 2.05) is 12.1 Å². The third-order valence-corrected chi connectivity index (χ3v) is 3.02. The molecule has 0 aliphatic heterocycles. The Hall–Kier alpha value is -2.89. The first-order valence-corrected chi connectivity index (χ1v) is 6.39. The highest BCUT2D eigenvalue weighted by atomic mass is 16.6. The molecule has 6 nitrogen and oxygen atoms in total. The molecule has 0 aromatic heterocycles. The normalized spacial score (nSPS) is 9.95. The van der Waals surface area contributed by atoms with Gasteiger partial charge in [-0.3, -0.25) is 14.9 Å². The number of rotatable bonds is 5. The van der Waals surface area contributed by atoms with Crippen LogP contribution in [0.15, 0.2) is 48.5 Å². The van der Waals surface area contributed by atoms with E-state index in [1.165, 1.54) is 12.1 Å². The molecule has 2 N–H and O–H groups in total. The molecule has 0 aliphatic carbocycles. The molecule has 6 heteroatoms. The lowest BCUT2D eigenvalue weighted by Gasteiger charge is -2.07. The summed E-state index contributed by atoms with van der Waals surface area (Å²) in [6.45, 7) is 0.575. The molecule has 0 radical (unpaired) electrons. The van der Waals surface area contributed by atoms with Crippen LogP contribution in [0.3, 0.4) is 0 Å². The molecule has 0 saturated heterocycles. The average molecular weight is 285 g/mol. The second-order valence-corrected chi connectivity index (χ2v) is 4.43. The third-order valence-electron chi connectivity index (χ3n) is 3.02. The molecule has 21 heavy (non-hydrogen) atoms. The van der Waals surface area contributed by atoms with Gasteiger partial charge in [-0.1, -0.05) is 12.1 Å². The first-order chi connectivity index (χ1) is 10.1. The highest BCUT2D eigenvalue weighted by molar-refractivity contribution is 5.93. The molecule has 0 fully saturated rings. The molecular formula is C15H15N3O3. The molecule has 108 valence electrons. The smallest absolute Gasteiger partial charge is 0.269 e. The summed E-state index contributed by atoms with van der Waals surface area (Å²) in [7, 11) is 1.59. The zero-order valence-electron chi connectivity index (χ0n) is 11.5. The monoisotopic (exact) mass is 285 g/mol. The summed E-state index contributed by atoms with van der Waals surface area (Å²) >= 11 is 0. The van der Waals surface area contributed by atoms with Crippen LogP contribution in [-0.4, -0.2) is 17.9 Å². The molecule has 2 aromatic rings. The van der Waals surface area contributed by atoms with Crippen LogP contribution in [0.2, 0.25) is 0 Å². The van der Waals surface area contributed by atoms with Crippen molar-refractivity contribution in [2.75, 3.05) is 12.4 Å². The zero-order chi connectivity index (χ0) is 15.2. The number of benzene rings is 2. The van der Waals surface area contributed by atoms with Crippen LogP contribution in [0.5, 0.6) is 0 Å². The Labute approximate surface area is 121 Å². The molecule has 1 amide bonds. The molecule has 2 aromatic carbocycles. The summed E-state index contributed by atoms with van der Waals surface area (Å²) in [4.78, 5) is 21.5. The van der Waals surface area contributed by atoms with Gasteiger partial charge in [-0.25, -0.2) is 0 Å². The van der Waals surface area contributed by atoms with Gasteiger partial charge < -0.3 is 10.6 Å². The van der Waals surface area contributed by atoms with Crippen molar-refractivity contribution in [1.82, 2.24) is 5.32 Å². The Morgan fingerprint density at radius 2 is 1.71 bits per heavy atom. The Bertz CT molecular complexity index is 636. The number of anilines is 1. The number of hydrogen-bond donors (Lipinski definition) is 2. The summed E-state index contributed by atoms with van der Waals surface area (Å²) in [6, 6.07) is 13.5. The lowest BCUT2D eigenvalue weighted by Crippen LogP contribution is -2.17. The van der Waals surface area contributed by atoms with Gasteiger partial charge in [0.15, 0.2) is 0 Å². The van der Waals surface area contributed by atoms with Gasteiger partial charge in [-0.05, 0) is 29.8 Å². The lowest BCUT2D eigenvalue weighted by molar-refractivity contribution is -0.384. The molecule has 0 unspecified atom stereocenters. The minimum atomic E-state index is -0.429. The first-order valence-electron chi connectivity index (χ1n) is 6.39. The fourth-order valence-electron chi connectivity index (χ4n) is 1.82. The van der Waals surface area contributed by atoms with Gasteiger partial charge in [0.25, 0.3) is 11.6 Å². The number of non-ortho nitro benzene ring substituents is 1. The summed E-state index contributed by atoms with van der Waals surface area (Å²) in [6.07, 6.45) is 0. The molecule has 0 spiro atoms. The van der Waals surface area contributed by atoms with Crippen molar-refractivity contribution in [2.45, 2.75) is 6.54 Å². The molecule has 0 saturated carbocycles. The van der Waals surface area contributed by atoms with Crippen LogP contribution in [-0.2, 0) is 6.54 Å². The van der Waals surface area contributed by atoms with Gasteiger partial charge in [-0.2, -0.15) is 0 Å². The van der Waals surface area contributed by atoms with Gasteiger partial charge in [0.05, 0.1) is 4.92 Å². The number of carbonyl (C=O) groups is 1. The first kappa shape index (κ1) is 14.5. The Morgan fingerprint density at radius 1 is 1.10 bits per heavy atom. The number of carbonyl (C=O) groups excluding carboxylic acids is 1. The van der Waals surface area contributed by atoms with Crippen LogP contribution in [0.1, 0.15) is 15.9 Å². The molecule has 0 atom stereocenters. The number of nitrogens with one attached hydrogen (secondary N) is 2. The predicted octanol–water partition coefficient (Wildman–Crippen LogP) is 2.57. The maximum Gasteiger partial charge on any atom is 0.269 e. The van der Waals surface area contributed by atoms with E-state index in [2.05, 4.69) is 10.6 Å². The van der Waals surface area contributed by atoms with Crippen molar-refractivity contribution < 1.29 is 9.72 Å². The van der Waals surface area contributed by atoms with Gasteiger partial charge in [0.2, 0.25) is 0 Å². The number of nitro groups is 1. The second-order valence-electron chi connectivity index (χ2n) is 4.43. The second kappa shape index (κ2) is 6.51. The van der Waals surface area contributed by atoms with E-state index in [1.54, 1.807) is 31.3 Å². The van der Waals surface area contributed by atoms with Crippen LogP contribution < -0.4 is 10.6 Å². The van der Waals surface area contributed by atoms with Crippen molar-refractivity contribution in [3.8, 4) is 0 Å². The predicted molar refractivity (Wildman–Crippen MR) is 80.3 cm³/mol. The molecule has 0 heterocycles. The van der Waals surface area contributed by atoms with Crippen molar-refractivity contribution in [2.24, 2.45) is 0 Å². The number of hydrogen-bond acceptors (Lipinski definition) is 4. The molecule has 2 rings (SSSR count). The lowest BCUT2D eigenvalue weighted by atomic mass is 10.1. The van der Waals surface area contributed by atoms with Gasteiger partial charge in [0.1, 0.15) is 0 Å². The number of amides is 1. The van der Waals surface area contributed by atoms with Crippen molar-refractivity contribution in [1.29, 1.82) is 0 Å². The van der Waals surface area contributed by atoms with Crippen molar-refractivity contribution in [3.05, 3.63) is 69.8 Å². The van der Waals surface area contributed by atoms with E-state index < -0.39 is 4.92 Å². The Kier molecular flexibility index (Phi) is 4.50. The zero-order valence-corrected chi connectivity index (χ0v) is 11.5. The maximum absolute atomic E-state index is 11.4. The summed E-state index contributed by atoms with van der Waals surface area (Å²) < 4.78 is 0. The number of nitro benzene ring substituents is 1. The highest BCUT2D eigenvalue weighted by Crippen LogP contribution is 2.16. The highest BCUT2D eigenvalue weighted by Gasteiger charge is 2.04. The standard InChI is InChI=1S/C15H15N3O3/c1-16-15(19)12-4-2-11(3-5-12)10-17-13-6-8-14(9-7-13)18(20)21/h2-9,17H,10H2,1H3,(H,16,19). The van der Waals surface area contributed by atoms with Crippen LogP contribution >= 0.6 is 0 Å². The molecule has 0 aliphatic rings. The molecular weight excluding hydrogens is 270 g/mol. The number of nitrogens with zero attached hydrogens (tertiary/aromatic N) is 1. The third kappa shape index (κ3) is 3.79. The largest absolute Gasteiger partial charge is 0.381 e. The fourth-order valence-corrected chi connectivity index (χ4v) is 1.82. The van der Waals surface area contributed by atoms with E-state index >= 15 is 0 Å². The van der Waals surface area contributed by atoms with E-state index in [9.17, 15) is 14.9 Å². The Balaban J connectivity index is 1.96. The van der Waals surface area contributed by atoms with Gasteiger partial charge in [0, 0.05) is 37.0 Å². The van der Waals surface area contributed by atoms with E-state index in [-0.39, 0.29) is 11.6 Å². The minimum Gasteiger partial charge on any atom is -0.381 e. The molecule has 0 bridgehead atoms. The summed E-state index contributed by atoms with van der Waals surface area (Å²) in [5, 5.41) is 16.3. The SMILES string of the molecule is CNC(=O)c1ccc(CNc2ccc([N+](=O)[O-])cc2)cc1. The average Bonchev–Trinajstić information content (AvgIpc) is 2.53. The van der Waals surface area contributed by atoms with E-state index in [0.717, 1.165) is 11.3 Å². The van der Waals surface area contributed by atoms with Gasteiger partial charge in [-0.15, -0.1) is 0 Å². The van der Waals surface area contributed by atoms with Crippen LogP contribution in [0, 0.1) is 10.1 Å². The van der Waals surface area contributed by atoms with E-state index in [0.29, 0.717) is 12.1 Å². The fraction of sp³-hybridized carbons (Fsp3) is 0.133. The van der Waals surface area contributed by atoms with Crippen molar-refractivity contribution >= 4 is 17.3 Å². The topological polar surface area (TPSA) is 84.3 Å². The van der Waals surface area contributed by atoms with Crippen LogP contribution in [0.25, 0.3) is 0 Å².